The molecule has 0 atom stereocenters. The Labute approximate surface area is 122 Å². The molecule has 0 bridgehead atoms. The maximum Gasteiger partial charge on any atom is 0.262 e. The minimum absolute atomic E-state index is 0.113. The second-order valence-corrected chi connectivity index (χ2v) is 6.43. The lowest BCUT2D eigenvalue weighted by Gasteiger charge is -2.13. The maximum atomic E-state index is 12.4. The molecule has 3 N–H and O–H groups in total. The number of aryl methyl sites for hydroxylation is 2. The van der Waals surface area contributed by atoms with Crippen LogP contribution in [0.1, 0.15) is 11.1 Å². The van der Waals surface area contributed by atoms with Crippen LogP contribution in [0.3, 0.4) is 0 Å². The zero-order valence-corrected chi connectivity index (χ0v) is 12.6. The maximum absolute atomic E-state index is 12.4. The Bertz CT molecular complexity index is 740. The van der Waals surface area contributed by atoms with E-state index in [1.54, 1.807) is 32.0 Å². The highest BCUT2D eigenvalue weighted by molar-refractivity contribution is 7.92. The highest BCUT2D eigenvalue weighted by Gasteiger charge is 2.19. The van der Waals surface area contributed by atoms with Crippen LogP contribution >= 0.6 is 11.6 Å². The van der Waals surface area contributed by atoms with Crippen LogP contribution in [-0.4, -0.2) is 13.4 Å². The van der Waals surface area contributed by atoms with E-state index in [4.69, 9.17) is 17.3 Å². The molecule has 0 saturated heterocycles. The third kappa shape index (κ3) is 2.86. The van der Waals surface area contributed by atoms with Gasteiger partial charge in [0.1, 0.15) is 0 Å². The lowest BCUT2D eigenvalue weighted by atomic mass is 10.2. The van der Waals surface area contributed by atoms with E-state index in [1.165, 1.54) is 12.3 Å². The van der Waals surface area contributed by atoms with Gasteiger partial charge in [-0.1, -0.05) is 11.6 Å². The third-order valence-corrected chi connectivity index (χ3v) is 4.63. The summed E-state index contributed by atoms with van der Waals surface area (Å²) in [5.41, 5.74) is 7.68. The normalized spacial score (nSPS) is 11.3. The predicted octanol–water partition coefficient (Wildman–Crippen LogP) is 2.73. The van der Waals surface area contributed by atoms with Crippen LogP contribution in [0.2, 0.25) is 5.15 Å². The quantitative estimate of drug-likeness (QED) is 0.674. The zero-order valence-electron chi connectivity index (χ0n) is 11.0. The molecule has 0 unspecified atom stereocenters. The van der Waals surface area contributed by atoms with Crippen molar-refractivity contribution in [2.24, 2.45) is 0 Å². The molecule has 2 aromatic rings. The summed E-state index contributed by atoms with van der Waals surface area (Å²) in [6.45, 7) is 3.43. The molecule has 2 rings (SSSR count). The molecule has 0 spiro atoms. The first-order valence-corrected chi connectivity index (χ1v) is 7.67. The Morgan fingerprint density at radius 1 is 1.20 bits per heavy atom. The molecule has 0 fully saturated rings. The molecule has 1 aromatic heterocycles. The molecular formula is C13H14ClN3O2S. The van der Waals surface area contributed by atoms with E-state index >= 15 is 0 Å². The van der Waals surface area contributed by atoms with Crippen LogP contribution in [0, 0.1) is 13.8 Å². The van der Waals surface area contributed by atoms with Crippen molar-refractivity contribution in [3.8, 4) is 0 Å². The van der Waals surface area contributed by atoms with Gasteiger partial charge in [0.05, 0.1) is 10.6 Å². The number of aromatic nitrogens is 1. The van der Waals surface area contributed by atoms with Gasteiger partial charge in [-0.2, -0.15) is 0 Å². The second kappa shape index (κ2) is 5.30. The predicted molar refractivity (Wildman–Crippen MR) is 80.4 cm³/mol. The van der Waals surface area contributed by atoms with Gasteiger partial charge in [0, 0.05) is 11.9 Å². The minimum Gasteiger partial charge on any atom is -0.399 e. The zero-order chi connectivity index (χ0) is 14.9. The number of nitrogens with zero attached hydrogens (tertiary/aromatic N) is 1. The number of benzene rings is 1. The molecule has 1 aromatic carbocycles. The number of anilines is 2. The van der Waals surface area contributed by atoms with Crippen LogP contribution in [-0.2, 0) is 10.0 Å². The number of nitrogens with two attached hydrogens (primary N) is 1. The fourth-order valence-corrected chi connectivity index (χ4v) is 3.49. The van der Waals surface area contributed by atoms with E-state index in [2.05, 4.69) is 9.71 Å². The number of hydrogen-bond acceptors (Lipinski definition) is 4. The summed E-state index contributed by atoms with van der Waals surface area (Å²) in [5, 5.41) is 0.113. The van der Waals surface area contributed by atoms with Crippen molar-refractivity contribution in [1.29, 1.82) is 0 Å². The van der Waals surface area contributed by atoms with Gasteiger partial charge in [-0.25, -0.2) is 13.4 Å². The lowest BCUT2D eigenvalue weighted by Crippen LogP contribution is -2.15. The third-order valence-electron chi connectivity index (χ3n) is 2.84. The summed E-state index contributed by atoms with van der Waals surface area (Å²) in [6, 6.07) is 6.29. The average molecular weight is 312 g/mol. The van der Waals surface area contributed by atoms with Crippen molar-refractivity contribution in [1.82, 2.24) is 4.98 Å². The number of pyridine rings is 1. The first kappa shape index (κ1) is 14.6. The Morgan fingerprint density at radius 3 is 2.50 bits per heavy atom. The monoisotopic (exact) mass is 311 g/mol. The van der Waals surface area contributed by atoms with E-state index < -0.39 is 10.0 Å². The van der Waals surface area contributed by atoms with Gasteiger partial charge in [-0.05, 0) is 49.2 Å². The van der Waals surface area contributed by atoms with Crippen molar-refractivity contribution in [2.75, 3.05) is 10.5 Å². The first-order chi connectivity index (χ1) is 9.31. The summed E-state index contributed by atoms with van der Waals surface area (Å²) in [5.74, 6) is 0. The fraction of sp³-hybridized carbons (Fsp3) is 0.154. The van der Waals surface area contributed by atoms with Crippen LogP contribution in [0.15, 0.2) is 35.4 Å². The Hall–Kier alpha value is -1.79. The van der Waals surface area contributed by atoms with Gasteiger partial charge in [0.2, 0.25) is 0 Å². The highest BCUT2D eigenvalue weighted by Crippen LogP contribution is 2.27. The number of sulfonamides is 1. The number of hydrogen-bond donors (Lipinski definition) is 2. The standard InChI is InChI=1S/C13H14ClN3O2S/c1-8-5-6-16-13(14)12(8)17-20(18,19)11-4-3-10(15)7-9(11)2/h3-7,17H,15H2,1-2H3. The van der Waals surface area contributed by atoms with Crippen molar-refractivity contribution in [3.05, 3.63) is 46.7 Å². The number of halogens is 1. The average Bonchev–Trinajstić information content (AvgIpc) is 2.33. The molecule has 5 nitrogen and oxygen atoms in total. The summed E-state index contributed by atoms with van der Waals surface area (Å²) < 4.78 is 27.3. The molecule has 106 valence electrons. The number of nitrogen functional groups attached to an aromatic ring is 1. The van der Waals surface area contributed by atoms with Gasteiger partial charge < -0.3 is 5.73 Å². The molecule has 20 heavy (non-hydrogen) atoms. The van der Waals surface area contributed by atoms with Crippen molar-refractivity contribution in [2.45, 2.75) is 18.7 Å². The molecule has 0 saturated carbocycles. The minimum atomic E-state index is -3.74. The van der Waals surface area contributed by atoms with Crippen LogP contribution in [0.25, 0.3) is 0 Å². The largest absolute Gasteiger partial charge is 0.399 e. The van der Waals surface area contributed by atoms with Crippen molar-refractivity contribution in [3.63, 3.8) is 0 Å². The van der Waals surface area contributed by atoms with E-state index in [-0.39, 0.29) is 15.7 Å². The molecule has 0 radical (unpaired) electrons. The van der Waals surface area contributed by atoms with Crippen molar-refractivity contribution < 1.29 is 8.42 Å². The second-order valence-electron chi connectivity index (χ2n) is 4.42. The Morgan fingerprint density at radius 2 is 1.90 bits per heavy atom. The van der Waals surface area contributed by atoms with E-state index in [9.17, 15) is 8.42 Å². The molecule has 0 amide bonds. The molecule has 0 aliphatic rings. The molecule has 1 heterocycles. The first-order valence-electron chi connectivity index (χ1n) is 5.81. The van der Waals surface area contributed by atoms with E-state index in [0.29, 0.717) is 16.8 Å². The summed E-state index contributed by atoms with van der Waals surface area (Å²) in [7, 11) is -3.74. The highest BCUT2D eigenvalue weighted by atomic mass is 35.5. The SMILES string of the molecule is Cc1cc(N)ccc1S(=O)(=O)Nc1c(C)ccnc1Cl. The van der Waals surface area contributed by atoms with Crippen LogP contribution < -0.4 is 10.5 Å². The molecule has 7 heteroatoms. The molecular weight excluding hydrogens is 298 g/mol. The van der Waals surface area contributed by atoms with Gasteiger partial charge in [-0.15, -0.1) is 0 Å². The summed E-state index contributed by atoms with van der Waals surface area (Å²) in [4.78, 5) is 4.03. The Balaban J connectivity index is 2.46. The van der Waals surface area contributed by atoms with Crippen molar-refractivity contribution >= 4 is 33.0 Å². The smallest absolute Gasteiger partial charge is 0.262 e. The number of nitrogens with one attached hydrogen (secondary N) is 1. The lowest BCUT2D eigenvalue weighted by molar-refractivity contribution is 0.600. The van der Waals surface area contributed by atoms with Gasteiger partial charge >= 0.3 is 0 Å². The van der Waals surface area contributed by atoms with Gasteiger partial charge in [0.25, 0.3) is 10.0 Å². The Kier molecular flexibility index (Phi) is 3.87. The fourth-order valence-electron chi connectivity index (χ4n) is 1.81. The summed E-state index contributed by atoms with van der Waals surface area (Å²) >= 11 is 5.93. The van der Waals surface area contributed by atoms with E-state index in [1.807, 2.05) is 0 Å². The van der Waals surface area contributed by atoms with E-state index in [0.717, 1.165) is 0 Å². The summed E-state index contributed by atoms with van der Waals surface area (Å²) in [6.07, 6.45) is 1.52. The van der Waals surface area contributed by atoms with Crippen LogP contribution in [0.4, 0.5) is 11.4 Å². The van der Waals surface area contributed by atoms with Gasteiger partial charge in [0.15, 0.2) is 5.15 Å². The number of rotatable bonds is 3. The molecule has 0 aliphatic carbocycles. The molecule has 0 aliphatic heterocycles. The van der Waals surface area contributed by atoms with Gasteiger partial charge in [-0.3, -0.25) is 4.72 Å². The topological polar surface area (TPSA) is 85.1 Å². The van der Waals surface area contributed by atoms with Crippen LogP contribution in [0.5, 0.6) is 0 Å².